The highest BCUT2D eigenvalue weighted by Gasteiger charge is 2.25. The van der Waals surface area contributed by atoms with Crippen molar-refractivity contribution in [3.63, 3.8) is 0 Å². The number of hydrogen-bond donors (Lipinski definition) is 5. The number of hydrogen-bond acceptors (Lipinski definition) is 12. The summed E-state index contributed by atoms with van der Waals surface area (Å²) in [5.74, 6) is -2.45. The van der Waals surface area contributed by atoms with Crippen molar-refractivity contribution in [1.82, 2.24) is 0 Å². The molecule has 0 aliphatic carbocycles. The predicted molar refractivity (Wildman–Crippen MR) is 143 cm³/mol. The standard InChI is InChI=1S/C23H16N4O12S3/c28-22-18(11-20(42(37,38)39)15-2-1-3-19(21(15)22)41(34,35)36)27-26-17-9-6-13(10-16(17)23(29)30)25-24-12-4-7-14(8-5-12)40(31,32)33/h1-11,28H,(H,29,30)(H,31,32,33)(H,34,35,36)(H,37,38,39)/b25-24+,27-26+. The molecular weight excluding hydrogens is 620 g/mol. The van der Waals surface area contributed by atoms with E-state index in [1.165, 1.54) is 18.2 Å². The number of carboxylic acids is 1. The van der Waals surface area contributed by atoms with Crippen molar-refractivity contribution in [3.05, 3.63) is 72.3 Å². The Morgan fingerprint density at radius 3 is 1.76 bits per heavy atom. The number of phenolic OH excluding ortho intramolecular Hbond substituents is 1. The molecule has 218 valence electrons. The SMILES string of the molecule is O=C(O)c1cc(/N=N/c2ccc(S(=O)(=O)O)cc2)ccc1/N=N/c1cc(S(=O)(=O)O)c2cccc(S(=O)(=O)O)c2c1O. The molecule has 0 heterocycles. The number of azo groups is 2. The van der Waals surface area contributed by atoms with E-state index in [1.54, 1.807) is 0 Å². The maximum atomic E-state index is 12.0. The molecule has 4 aromatic rings. The molecule has 19 heteroatoms. The third kappa shape index (κ3) is 6.46. The number of phenols is 1. The van der Waals surface area contributed by atoms with Crippen LogP contribution in [-0.2, 0) is 30.4 Å². The average molecular weight is 637 g/mol. The molecule has 42 heavy (non-hydrogen) atoms. The van der Waals surface area contributed by atoms with Crippen LogP contribution in [0.4, 0.5) is 22.7 Å². The van der Waals surface area contributed by atoms with Crippen molar-refractivity contribution in [2.45, 2.75) is 14.7 Å². The van der Waals surface area contributed by atoms with E-state index >= 15 is 0 Å². The molecule has 0 saturated carbocycles. The molecule has 0 saturated heterocycles. The molecule has 0 aliphatic rings. The lowest BCUT2D eigenvalue weighted by molar-refractivity contribution is 0.0697. The Balaban J connectivity index is 1.77. The van der Waals surface area contributed by atoms with Gasteiger partial charge in [-0.1, -0.05) is 12.1 Å². The van der Waals surface area contributed by atoms with Gasteiger partial charge >= 0.3 is 5.97 Å². The Kier molecular flexibility index (Phi) is 7.91. The Bertz CT molecular complexity index is 2150. The number of benzene rings is 4. The number of rotatable bonds is 8. The van der Waals surface area contributed by atoms with E-state index in [-0.39, 0.29) is 22.0 Å². The van der Waals surface area contributed by atoms with E-state index in [4.69, 9.17) is 4.55 Å². The van der Waals surface area contributed by atoms with E-state index in [0.29, 0.717) is 6.07 Å². The topological polar surface area (TPSA) is 270 Å². The summed E-state index contributed by atoms with van der Waals surface area (Å²) >= 11 is 0. The van der Waals surface area contributed by atoms with Gasteiger partial charge in [0, 0.05) is 10.8 Å². The van der Waals surface area contributed by atoms with Gasteiger partial charge in [-0.3, -0.25) is 13.7 Å². The molecule has 0 spiro atoms. The number of fused-ring (bicyclic) bond motifs is 1. The zero-order chi connectivity index (χ0) is 31.0. The summed E-state index contributed by atoms with van der Waals surface area (Å²) in [4.78, 5) is 9.71. The molecule has 0 amide bonds. The first kappa shape index (κ1) is 30.3. The summed E-state index contributed by atoms with van der Waals surface area (Å²) in [6, 6.07) is 11.7. The summed E-state index contributed by atoms with van der Waals surface area (Å²) < 4.78 is 98.3. The van der Waals surface area contributed by atoms with E-state index in [2.05, 4.69) is 20.5 Å². The second-order valence-electron chi connectivity index (χ2n) is 8.25. The first-order chi connectivity index (χ1) is 19.5. The lowest BCUT2D eigenvalue weighted by atomic mass is 10.1. The molecule has 0 unspecified atom stereocenters. The highest BCUT2D eigenvalue weighted by Crippen LogP contribution is 2.43. The highest BCUT2D eigenvalue weighted by atomic mass is 32.2. The quantitative estimate of drug-likeness (QED) is 0.129. The fraction of sp³-hybridized carbons (Fsp3) is 0. The van der Waals surface area contributed by atoms with Crippen molar-refractivity contribution in [3.8, 4) is 5.75 Å². The van der Waals surface area contributed by atoms with E-state index in [9.17, 15) is 49.4 Å². The number of carbonyl (C=O) groups is 1. The third-order valence-corrected chi connectivity index (χ3v) is 8.14. The van der Waals surface area contributed by atoms with Crippen LogP contribution in [0.25, 0.3) is 10.8 Å². The smallest absolute Gasteiger partial charge is 0.338 e. The number of aromatic carboxylic acids is 1. The lowest BCUT2D eigenvalue weighted by Crippen LogP contribution is -2.03. The van der Waals surface area contributed by atoms with Crippen LogP contribution < -0.4 is 0 Å². The van der Waals surface area contributed by atoms with E-state index < -0.39 is 73.9 Å². The van der Waals surface area contributed by atoms with E-state index in [1.807, 2.05) is 0 Å². The maximum absolute atomic E-state index is 12.0. The Morgan fingerprint density at radius 1 is 0.619 bits per heavy atom. The minimum Gasteiger partial charge on any atom is -0.505 e. The predicted octanol–water partition coefficient (Wildman–Crippen LogP) is 4.81. The first-order valence-corrected chi connectivity index (χ1v) is 15.3. The second kappa shape index (κ2) is 11.0. The van der Waals surface area contributed by atoms with Gasteiger partial charge in [-0.2, -0.15) is 35.5 Å². The normalized spacial score (nSPS) is 12.8. The first-order valence-electron chi connectivity index (χ1n) is 11.0. The molecule has 0 bridgehead atoms. The summed E-state index contributed by atoms with van der Waals surface area (Å²) in [6.07, 6.45) is 0. The van der Waals surface area contributed by atoms with Gasteiger partial charge in [0.15, 0.2) is 5.75 Å². The van der Waals surface area contributed by atoms with Crippen LogP contribution in [0, 0.1) is 0 Å². The summed E-state index contributed by atoms with van der Waals surface area (Å²) in [5, 5.41) is 34.3. The van der Waals surface area contributed by atoms with Crippen LogP contribution in [0.3, 0.4) is 0 Å². The summed E-state index contributed by atoms with van der Waals surface area (Å²) in [7, 11) is -14.4. The minimum atomic E-state index is -5.03. The van der Waals surface area contributed by atoms with Crippen LogP contribution in [0.1, 0.15) is 10.4 Å². The zero-order valence-electron chi connectivity index (χ0n) is 20.5. The van der Waals surface area contributed by atoms with Gasteiger partial charge in [-0.25, -0.2) is 4.79 Å². The van der Waals surface area contributed by atoms with Crippen molar-refractivity contribution >= 4 is 69.8 Å². The van der Waals surface area contributed by atoms with E-state index in [0.717, 1.165) is 42.5 Å². The van der Waals surface area contributed by atoms with Gasteiger partial charge in [0.1, 0.15) is 21.2 Å². The average Bonchev–Trinajstić information content (AvgIpc) is 2.90. The van der Waals surface area contributed by atoms with Crippen LogP contribution in [0.2, 0.25) is 0 Å². The van der Waals surface area contributed by atoms with Crippen molar-refractivity contribution in [2.24, 2.45) is 20.5 Å². The van der Waals surface area contributed by atoms with Crippen molar-refractivity contribution in [1.29, 1.82) is 0 Å². The summed E-state index contributed by atoms with van der Waals surface area (Å²) in [6.45, 7) is 0. The molecule has 0 aromatic heterocycles. The van der Waals surface area contributed by atoms with Gasteiger partial charge in [-0.05, 0) is 54.6 Å². The molecule has 4 aromatic carbocycles. The Hall–Kier alpha value is -4.66. The van der Waals surface area contributed by atoms with Gasteiger partial charge < -0.3 is 10.2 Å². The van der Waals surface area contributed by atoms with Gasteiger partial charge in [0.25, 0.3) is 30.4 Å². The largest absolute Gasteiger partial charge is 0.505 e. The molecule has 5 N–H and O–H groups in total. The minimum absolute atomic E-state index is 0.00483. The van der Waals surface area contributed by atoms with Crippen LogP contribution in [0.15, 0.2) is 102 Å². The monoisotopic (exact) mass is 636 g/mol. The molecule has 0 atom stereocenters. The molecule has 4 rings (SSSR count). The number of aromatic hydroxyl groups is 1. The second-order valence-corrected chi connectivity index (χ2v) is 12.4. The molecular formula is C23H16N4O12S3. The zero-order valence-corrected chi connectivity index (χ0v) is 22.9. The third-order valence-electron chi connectivity index (χ3n) is 5.49. The summed E-state index contributed by atoms with van der Waals surface area (Å²) in [5.41, 5.74) is -1.33. The number of nitrogens with zero attached hydrogens (tertiary/aromatic N) is 4. The molecule has 0 radical (unpaired) electrons. The fourth-order valence-corrected chi connectivity index (χ4v) is 5.54. The van der Waals surface area contributed by atoms with Crippen LogP contribution >= 0.6 is 0 Å². The highest BCUT2D eigenvalue weighted by molar-refractivity contribution is 7.86. The maximum Gasteiger partial charge on any atom is 0.338 e. The Labute approximate surface area is 236 Å². The molecule has 0 fully saturated rings. The van der Waals surface area contributed by atoms with Gasteiger partial charge in [0.2, 0.25) is 0 Å². The van der Waals surface area contributed by atoms with Gasteiger partial charge in [0.05, 0.1) is 21.8 Å². The fourth-order valence-electron chi connectivity index (χ4n) is 3.64. The Morgan fingerprint density at radius 2 is 1.19 bits per heavy atom. The number of carboxylic acid groups (broad SMARTS) is 1. The molecule has 0 aliphatic heterocycles. The lowest BCUT2D eigenvalue weighted by Gasteiger charge is -2.11. The van der Waals surface area contributed by atoms with Gasteiger partial charge in [-0.15, -0.1) is 10.2 Å². The van der Waals surface area contributed by atoms with Crippen molar-refractivity contribution < 1.29 is 53.9 Å². The van der Waals surface area contributed by atoms with Crippen molar-refractivity contribution in [2.75, 3.05) is 0 Å². The van der Waals surface area contributed by atoms with Crippen LogP contribution in [0.5, 0.6) is 5.75 Å². The van der Waals surface area contributed by atoms with Crippen LogP contribution in [-0.4, -0.2) is 55.1 Å². The molecule has 16 nitrogen and oxygen atoms in total.